The molecule has 2 N–H and O–H groups in total. The minimum absolute atomic E-state index is 0.588. The van der Waals surface area contributed by atoms with E-state index < -0.39 is 8.56 Å². The van der Waals surface area contributed by atoms with Crippen molar-refractivity contribution < 1.29 is 8.85 Å². The Kier molecular flexibility index (Phi) is 15.7. The first-order valence-electron chi connectivity index (χ1n) is 10.1. The highest BCUT2D eigenvalue weighted by atomic mass is 28.4. The molecule has 1 atom stereocenters. The fourth-order valence-corrected chi connectivity index (χ4v) is 5.70. The van der Waals surface area contributed by atoms with Crippen molar-refractivity contribution in [2.45, 2.75) is 103 Å². The van der Waals surface area contributed by atoms with Gasteiger partial charge in [0.25, 0.3) is 0 Å². The molecule has 23 heavy (non-hydrogen) atoms. The van der Waals surface area contributed by atoms with Crippen LogP contribution < -0.4 is 5.73 Å². The Balaban J connectivity index is 3.55. The minimum atomic E-state index is -1.96. The first-order chi connectivity index (χ1) is 11.1. The summed E-state index contributed by atoms with van der Waals surface area (Å²) < 4.78 is 12.0. The van der Waals surface area contributed by atoms with Crippen LogP contribution in [-0.4, -0.2) is 28.3 Å². The van der Waals surface area contributed by atoms with E-state index >= 15 is 0 Å². The molecule has 0 amide bonds. The van der Waals surface area contributed by atoms with Crippen molar-refractivity contribution in [2.24, 2.45) is 5.73 Å². The molecule has 0 aliphatic carbocycles. The number of nitrogens with two attached hydrogens (primary N) is 1. The molecule has 0 bridgehead atoms. The number of unbranched alkanes of at least 4 members (excludes halogenated alkanes) is 9. The van der Waals surface area contributed by atoms with Crippen LogP contribution in [0.4, 0.5) is 0 Å². The van der Waals surface area contributed by atoms with Gasteiger partial charge in [-0.1, -0.05) is 64.7 Å². The molecule has 0 spiro atoms. The molecule has 0 aromatic rings. The molecule has 0 aliphatic rings. The highest BCUT2D eigenvalue weighted by Crippen LogP contribution is 2.29. The molecule has 3 nitrogen and oxygen atoms in total. The second-order valence-electron chi connectivity index (χ2n) is 6.90. The molecular formula is C19H43NO2Si. The molecule has 0 aliphatic heterocycles. The van der Waals surface area contributed by atoms with Crippen molar-refractivity contribution in [3.8, 4) is 0 Å². The Bertz CT molecular complexity index is 246. The average Bonchev–Trinajstić information content (AvgIpc) is 2.52. The van der Waals surface area contributed by atoms with Gasteiger partial charge in [0.2, 0.25) is 0 Å². The van der Waals surface area contributed by atoms with Crippen LogP contribution in [0.5, 0.6) is 0 Å². The van der Waals surface area contributed by atoms with E-state index in [1.165, 1.54) is 70.6 Å². The summed E-state index contributed by atoms with van der Waals surface area (Å²) in [7, 11) is -1.96. The first-order valence-corrected chi connectivity index (χ1v) is 12.5. The molecule has 140 valence electrons. The second kappa shape index (κ2) is 15.6. The van der Waals surface area contributed by atoms with Gasteiger partial charge < -0.3 is 14.6 Å². The summed E-state index contributed by atoms with van der Waals surface area (Å²) in [5.74, 6) is 0. The Hall–Kier alpha value is 0.0969. The molecule has 1 unspecified atom stereocenters. The van der Waals surface area contributed by atoms with Crippen molar-refractivity contribution >= 4 is 8.56 Å². The van der Waals surface area contributed by atoms with Gasteiger partial charge in [-0.25, -0.2) is 0 Å². The SMILES string of the molecule is CCO[Si](C)(OCC)C(C)CCCCCCCCCCCCN. The third kappa shape index (κ3) is 12.2. The third-order valence-corrected chi connectivity index (χ3v) is 8.65. The molecule has 0 aromatic carbocycles. The van der Waals surface area contributed by atoms with Gasteiger partial charge in [-0.15, -0.1) is 0 Å². The molecule has 0 aromatic heterocycles. The summed E-state index contributed by atoms with van der Waals surface area (Å²) in [6, 6.07) is 0. The van der Waals surface area contributed by atoms with Crippen LogP contribution in [0.3, 0.4) is 0 Å². The Labute approximate surface area is 147 Å². The largest absolute Gasteiger partial charge is 0.394 e. The van der Waals surface area contributed by atoms with Gasteiger partial charge in [0, 0.05) is 13.2 Å². The monoisotopic (exact) mass is 345 g/mol. The lowest BCUT2D eigenvalue weighted by Gasteiger charge is -2.31. The fourth-order valence-electron chi connectivity index (χ4n) is 3.17. The van der Waals surface area contributed by atoms with Crippen LogP contribution in [0.25, 0.3) is 0 Å². The highest BCUT2D eigenvalue weighted by molar-refractivity contribution is 6.67. The zero-order chi connectivity index (χ0) is 17.4. The molecule has 0 rings (SSSR count). The molecule has 4 heteroatoms. The standard InChI is InChI=1S/C19H43NO2Si/c1-5-21-23(4,22-6-2)19(3)17-15-13-11-9-7-8-10-12-14-16-18-20/h19H,5-18,20H2,1-4H3. The number of hydrogen-bond donors (Lipinski definition) is 1. The summed E-state index contributed by atoms with van der Waals surface area (Å²) in [6.07, 6.45) is 14.8. The van der Waals surface area contributed by atoms with Crippen molar-refractivity contribution in [3.63, 3.8) is 0 Å². The lowest BCUT2D eigenvalue weighted by molar-refractivity contribution is 0.178. The molecule has 0 fully saturated rings. The van der Waals surface area contributed by atoms with Gasteiger partial charge in [-0.05, 0) is 45.3 Å². The van der Waals surface area contributed by atoms with E-state index in [1.54, 1.807) is 0 Å². The molecule has 0 heterocycles. The lowest BCUT2D eigenvalue weighted by atomic mass is 10.1. The number of hydrogen-bond acceptors (Lipinski definition) is 3. The van der Waals surface area contributed by atoms with Crippen molar-refractivity contribution in [1.29, 1.82) is 0 Å². The van der Waals surface area contributed by atoms with Crippen LogP contribution >= 0.6 is 0 Å². The summed E-state index contributed by atoms with van der Waals surface area (Å²) >= 11 is 0. The molecular weight excluding hydrogens is 302 g/mol. The maximum absolute atomic E-state index is 5.99. The van der Waals surface area contributed by atoms with Crippen molar-refractivity contribution in [3.05, 3.63) is 0 Å². The summed E-state index contributed by atoms with van der Waals surface area (Å²) in [5, 5.41) is 0. The van der Waals surface area contributed by atoms with Crippen LogP contribution in [0, 0.1) is 0 Å². The highest BCUT2D eigenvalue weighted by Gasteiger charge is 2.37. The van der Waals surface area contributed by atoms with Gasteiger partial charge in [0.05, 0.1) is 0 Å². The molecule has 0 saturated heterocycles. The van der Waals surface area contributed by atoms with Crippen molar-refractivity contribution in [1.82, 2.24) is 0 Å². The predicted molar refractivity (Wildman–Crippen MR) is 104 cm³/mol. The van der Waals surface area contributed by atoms with E-state index in [0.717, 1.165) is 19.8 Å². The predicted octanol–water partition coefficient (Wildman–Crippen LogP) is 5.77. The van der Waals surface area contributed by atoms with Crippen LogP contribution in [0.15, 0.2) is 0 Å². The Morgan fingerprint density at radius 3 is 1.52 bits per heavy atom. The maximum Gasteiger partial charge on any atom is 0.337 e. The van der Waals surface area contributed by atoms with Gasteiger partial charge in [-0.2, -0.15) is 0 Å². The van der Waals surface area contributed by atoms with Gasteiger partial charge >= 0.3 is 8.56 Å². The van der Waals surface area contributed by atoms with Gasteiger partial charge in [0.15, 0.2) is 0 Å². The fraction of sp³-hybridized carbons (Fsp3) is 1.00. The van der Waals surface area contributed by atoms with E-state index in [1.807, 2.05) is 0 Å². The lowest BCUT2D eigenvalue weighted by Crippen LogP contribution is -2.43. The normalized spacial score (nSPS) is 13.4. The average molecular weight is 346 g/mol. The van der Waals surface area contributed by atoms with E-state index in [4.69, 9.17) is 14.6 Å². The van der Waals surface area contributed by atoms with Gasteiger partial charge in [0.1, 0.15) is 0 Å². The second-order valence-corrected chi connectivity index (χ2v) is 10.5. The van der Waals surface area contributed by atoms with E-state index in [-0.39, 0.29) is 0 Å². The third-order valence-electron chi connectivity index (χ3n) is 4.85. The van der Waals surface area contributed by atoms with E-state index in [2.05, 4.69) is 27.3 Å². The Morgan fingerprint density at radius 1 is 0.739 bits per heavy atom. The quantitative estimate of drug-likeness (QED) is 0.269. The molecule has 0 radical (unpaired) electrons. The van der Waals surface area contributed by atoms with E-state index in [0.29, 0.717) is 5.54 Å². The number of rotatable bonds is 17. The van der Waals surface area contributed by atoms with Gasteiger partial charge in [-0.3, -0.25) is 0 Å². The smallest absolute Gasteiger partial charge is 0.337 e. The zero-order valence-corrected chi connectivity index (χ0v) is 17.4. The maximum atomic E-state index is 5.99. The summed E-state index contributed by atoms with van der Waals surface area (Å²) in [5.41, 5.74) is 6.09. The summed E-state index contributed by atoms with van der Waals surface area (Å²) in [4.78, 5) is 0. The molecule has 0 saturated carbocycles. The Morgan fingerprint density at radius 2 is 1.13 bits per heavy atom. The topological polar surface area (TPSA) is 44.5 Å². The zero-order valence-electron chi connectivity index (χ0n) is 16.4. The van der Waals surface area contributed by atoms with Crippen LogP contribution in [-0.2, 0) is 8.85 Å². The van der Waals surface area contributed by atoms with Crippen LogP contribution in [0.1, 0.15) is 91.4 Å². The van der Waals surface area contributed by atoms with E-state index in [9.17, 15) is 0 Å². The minimum Gasteiger partial charge on any atom is -0.394 e. The summed E-state index contributed by atoms with van der Waals surface area (Å²) in [6.45, 7) is 11.1. The first kappa shape index (κ1) is 23.1. The van der Waals surface area contributed by atoms with Crippen molar-refractivity contribution in [2.75, 3.05) is 19.8 Å². The van der Waals surface area contributed by atoms with Crippen LogP contribution in [0.2, 0.25) is 12.1 Å².